The van der Waals surface area contributed by atoms with Crippen LogP contribution in [0.5, 0.6) is 0 Å². The maximum Gasteiger partial charge on any atom is 0.102 e. The summed E-state index contributed by atoms with van der Waals surface area (Å²) in [5.74, 6) is 1.75. The number of hydrogen-bond acceptors (Lipinski definition) is 1. The highest BCUT2D eigenvalue weighted by molar-refractivity contribution is 4.72. The monoisotopic (exact) mass is 217 g/mol. The molecule has 1 nitrogen and oxygen atoms in total. The molecule has 1 rings (SSSR count). The third kappa shape index (κ3) is 6.88. The van der Waals surface area contributed by atoms with E-state index in [-0.39, 0.29) is 6.67 Å². The Bertz CT molecular complexity index is 130. The zero-order valence-electron chi connectivity index (χ0n) is 10.9. The second-order valence-corrected chi connectivity index (χ2v) is 4.58. The maximum absolute atomic E-state index is 12.0. The van der Waals surface area contributed by atoms with E-state index in [0.717, 1.165) is 18.4 Å². The first kappa shape index (κ1) is 14.9. The van der Waals surface area contributed by atoms with Crippen LogP contribution in [0.4, 0.5) is 4.39 Å². The van der Waals surface area contributed by atoms with E-state index in [4.69, 9.17) is 0 Å². The van der Waals surface area contributed by atoms with E-state index >= 15 is 0 Å². The van der Waals surface area contributed by atoms with Crippen molar-refractivity contribution < 1.29 is 4.39 Å². The lowest BCUT2D eigenvalue weighted by Gasteiger charge is -2.29. The van der Waals surface area contributed by atoms with Crippen LogP contribution in [0, 0.1) is 11.8 Å². The summed E-state index contributed by atoms with van der Waals surface area (Å²) >= 11 is 0. The van der Waals surface area contributed by atoms with E-state index in [1.54, 1.807) is 0 Å². The largest absolute Gasteiger partial charge is 0.303 e. The SMILES string of the molecule is CC.CC1CCC(CN(C)CCF)CC1. The van der Waals surface area contributed by atoms with Gasteiger partial charge in [0.1, 0.15) is 6.67 Å². The Labute approximate surface area is 95.0 Å². The second kappa shape index (κ2) is 9.14. The van der Waals surface area contributed by atoms with Gasteiger partial charge in [-0.1, -0.05) is 33.6 Å². The Morgan fingerprint density at radius 2 is 1.67 bits per heavy atom. The molecule has 1 saturated carbocycles. The van der Waals surface area contributed by atoms with Gasteiger partial charge in [-0.05, 0) is 31.7 Å². The molecule has 0 bridgehead atoms. The van der Waals surface area contributed by atoms with Gasteiger partial charge in [0.25, 0.3) is 0 Å². The topological polar surface area (TPSA) is 3.24 Å². The van der Waals surface area contributed by atoms with Crippen molar-refractivity contribution in [2.45, 2.75) is 46.5 Å². The van der Waals surface area contributed by atoms with Gasteiger partial charge in [0.2, 0.25) is 0 Å². The molecular weight excluding hydrogens is 189 g/mol. The summed E-state index contributed by atoms with van der Waals surface area (Å²) in [5, 5.41) is 0. The molecular formula is C13H28FN. The van der Waals surface area contributed by atoms with Crippen LogP contribution in [0.25, 0.3) is 0 Å². The van der Waals surface area contributed by atoms with Gasteiger partial charge in [-0.2, -0.15) is 0 Å². The molecule has 0 radical (unpaired) electrons. The van der Waals surface area contributed by atoms with Crippen molar-refractivity contribution in [3.05, 3.63) is 0 Å². The van der Waals surface area contributed by atoms with Crippen LogP contribution in [-0.4, -0.2) is 31.7 Å². The van der Waals surface area contributed by atoms with E-state index in [1.807, 2.05) is 20.9 Å². The highest BCUT2D eigenvalue weighted by atomic mass is 19.1. The third-order valence-corrected chi connectivity index (χ3v) is 3.17. The first-order valence-corrected chi connectivity index (χ1v) is 6.47. The van der Waals surface area contributed by atoms with Gasteiger partial charge in [0, 0.05) is 13.1 Å². The molecule has 2 heteroatoms. The molecule has 92 valence electrons. The zero-order chi connectivity index (χ0) is 11.7. The summed E-state index contributed by atoms with van der Waals surface area (Å²) in [6.07, 6.45) is 5.43. The molecule has 1 fully saturated rings. The normalized spacial score (nSPS) is 26.0. The van der Waals surface area contributed by atoms with E-state index in [0.29, 0.717) is 6.54 Å². The van der Waals surface area contributed by atoms with Crippen LogP contribution < -0.4 is 0 Å². The lowest BCUT2D eigenvalue weighted by Crippen LogP contribution is -2.29. The first-order chi connectivity index (χ1) is 7.22. The Morgan fingerprint density at radius 3 is 2.13 bits per heavy atom. The minimum Gasteiger partial charge on any atom is -0.303 e. The van der Waals surface area contributed by atoms with Crippen molar-refractivity contribution in [2.24, 2.45) is 11.8 Å². The summed E-state index contributed by atoms with van der Waals surface area (Å²) in [4.78, 5) is 2.13. The number of hydrogen-bond donors (Lipinski definition) is 0. The Hall–Kier alpha value is -0.110. The Kier molecular flexibility index (Phi) is 9.07. The van der Waals surface area contributed by atoms with E-state index < -0.39 is 0 Å². The van der Waals surface area contributed by atoms with Gasteiger partial charge in [0.05, 0.1) is 0 Å². The molecule has 0 aromatic rings. The first-order valence-electron chi connectivity index (χ1n) is 6.47. The van der Waals surface area contributed by atoms with Crippen LogP contribution in [0.15, 0.2) is 0 Å². The molecule has 1 aliphatic rings. The fraction of sp³-hybridized carbons (Fsp3) is 1.00. The lowest BCUT2D eigenvalue weighted by molar-refractivity contribution is 0.200. The highest BCUT2D eigenvalue weighted by Crippen LogP contribution is 2.28. The molecule has 0 aromatic heterocycles. The Morgan fingerprint density at radius 1 is 1.13 bits per heavy atom. The Balaban J connectivity index is 0.000000921. The quantitative estimate of drug-likeness (QED) is 0.693. The van der Waals surface area contributed by atoms with Crippen molar-refractivity contribution in [1.29, 1.82) is 0 Å². The zero-order valence-corrected chi connectivity index (χ0v) is 10.9. The number of rotatable bonds is 4. The summed E-state index contributed by atoms with van der Waals surface area (Å²) in [6.45, 7) is 7.82. The second-order valence-electron chi connectivity index (χ2n) is 4.58. The molecule has 0 heterocycles. The number of alkyl halides is 1. The summed E-state index contributed by atoms with van der Waals surface area (Å²) in [7, 11) is 2.03. The van der Waals surface area contributed by atoms with Gasteiger partial charge in [-0.25, -0.2) is 4.39 Å². The van der Waals surface area contributed by atoms with Crippen molar-refractivity contribution in [2.75, 3.05) is 26.8 Å². The summed E-state index contributed by atoms with van der Waals surface area (Å²) < 4.78 is 12.0. The van der Waals surface area contributed by atoms with Crippen molar-refractivity contribution in [3.8, 4) is 0 Å². The third-order valence-electron chi connectivity index (χ3n) is 3.17. The maximum atomic E-state index is 12.0. The van der Waals surface area contributed by atoms with Gasteiger partial charge >= 0.3 is 0 Å². The van der Waals surface area contributed by atoms with Gasteiger partial charge in [0.15, 0.2) is 0 Å². The molecule has 0 spiro atoms. The van der Waals surface area contributed by atoms with Gasteiger partial charge < -0.3 is 4.90 Å². The number of nitrogens with zero attached hydrogens (tertiary/aromatic N) is 1. The molecule has 0 N–H and O–H groups in total. The van der Waals surface area contributed by atoms with Crippen LogP contribution in [0.3, 0.4) is 0 Å². The standard InChI is InChI=1S/C11H22FN.C2H6/c1-10-3-5-11(6-4-10)9-13(2)8-7-12;1-2/h10-11H,3-9H2,1-2H3;1-2H3. The fourth-order valence-electron chi connectivity index (χ4n) is 2.19. The average molecular weight is 217 g/mol. The van der Waals surface area contributed by atoms with E-state index in [2.05, 4.69) is 11.8 Å². The molecule has 1 aliphatic carbocycles. The van der Waals surface area contributed by atoms with Crippen molar-refractivity contribution in [1.82, 2.24) is 4.90 Å². The molecule has 15 heavy (non-hydrogen) atoms. The van der Waals surface area contributed by atoms with Crippen LogP contribution in [-0.2, 0) is 0 Å². The minimum absolute atomic E-state index is 0.209. The van der Waals surface area contributed by atoms with Crippen molar-refractivity contribution in [3.63, 3.8) is 0 Å². The summed E-state index contributed by atoms with van der Waals surface area (Å²) in [5.41, 5.74) is 0. The molecule has 0 unspecified atom stereocenters. The molecule has 0 atom stereocenters. The van der Waals surface area contributed by atoms with Gasteiger partial charge in [-0.15, -0.1) is 0 Å². The van der Waals surface area contributed by atoms with E-state index in [1.165, 1.54) is 25.7 Å². The molecule has 0 aromatic carbocycles. The summed E-state index contributed by atoms with van der Waals surface area (Å²) in [6, 6.07) is 0. The van der Waals surface area contributed by atoms with Crippen LogP contribution in [0.1, 0.15) is 46.5 Å². The minimum atomic E-state index is -0.209. The lowest BCUT2D eigenvalue weighted by atomic mass is 9.83. The van der Waals surface area contributed by atoms with Crippen LogP contribution >= 0.6 is 0 Å². The van der Waals surface area contributed by atoms with Crippen LogP contribution in [0.2, 0.25) is 0 Å². The highest BCUT2D eigenvalue weighted by Gasteiger charge is 2.18. The predicted octanol–water partition coefficient (Wildman–Crippen LogP) is 3.74. The predicted molar refractivity (Wildman–Crippen MR) is 65.9 cm³/mol. The average Bonchev–Trinajstić information content (AvgIpc) is 2.25. The smallest absolute Gasteiger partial charge is 0.102 e. The fourth-order valence-corrected chi connectivity index (χ4v) is 2.19. The molecule has 0 aliphatic heterocycles. The van der Waals surface area contributed by atoms with Crippen molar-refractivity contribution >= 4 is 0 Å². The molecule has 0 saturated heterocycles. The van der Waals surface area contributed by atoms with E-state index in [9.17, 15) is 4.39 Å². The number of halogens is 1. The molecule has 0 amide bonds. The van der Waals surface area contributed by atoms with Gasteiger partial charge in [-0.3, -0.25) is 0 Å².